The van der Waals surface area contributed by atoms with Gasteiger partial charge in [-0.2, -0.15) is 0 Å². The molecule has 29 heavy (non-hydrogen) atoms. The van der Waals surface area contributed by atoms with Gasteiger partial charge in [-0.05, 0) is 43.4 Å². The van der Waals surface area contributed by atoms with E-state index < -0.39 is 11.8 Å². The molecule has 2 heterocycles. The van der Waals surface area contributed by atoms with Crippen LogP contribution < -0.4 is 24.4 Å². The molecule has 2 aliphatic rings. The average molecular weight is 431 g/mol. The normalized spacial score (nSPS) is 17.0. The van der Waals surface area contributed by atoms with Crippen molar-refractivity contribution in [2.75, 3.05) is 18.3 Å². The van der Waals surface area contributed by atoms with Crippen molar-refractivity contribution in [3.8, 4) is 17.2 Å². The maximum Gasteiger partial charge on any atom is 0.270 e. The van der Waals surface area contributed by atoms with Gasteiger partial charge in [0.05, 0.1) is 17.3 Å². The fourth-order valence-corrected chi connectivity index (χ4v) is 3.49. The van der Waals surface area contributed by atoms with E-state index in [0.717, 1.165) is 0 Å². The number of amides is 2. The summed E-state index contributed by atoms with van der Waals surface area (Å²) in [5.41, 5.74) is 0.769. The van der Waals surface area contributed by atoms with Crippen molar-refractivity contribution in [3.63, 3.8) is 0 Å². The molecule has 0 unspecified atom stereocenters. The molecule has 148 valence electrons. The van der Waals surface area contributed by atoms with Crippen molar-refractivity contribution in [2.45, 2.75) is 6.92 Å². The smallest absolute Gasteiger partial charge is 0.270 e. The van der Waals surface area contributed by atoms with E-state index in [0.29, 0.717) is 40.1 Å². The predicted molar refractivity (Wildman–Crippen MR) is 111 cm³/mol. The van der Waals surface area contributed by atoms with E-state index >= 15 is 0 Å². The van der Waals surface area contributed by atoms with Gasteiger partial charge >= 0.3 is 0 Å². The minimum Gasteiger partial charge on any atom is -0.493 e. The van der Waals surface area contributed by atoms with Crippen LogP contribution in [0, 0.1) is 0 Å². The van der Waals surface area contributed by atoms with E-state index in [4.69, 9.17) is 38.0 Å². The van der Waals surface area contributed by atoms with E-state index in [1.54, 1.807) is 36.4 Å². The van der Waals surface area contributed by atoms with Gasteiger partial charge in [-0.3, -0.25) is 19.8 Å². The maximum atomic E-state index is 13.2. The third-order valence-corrected chi connectivity index (χ3v) is 4.90. The number of ether oxygens (including phenoxy) is 3. The Balaban J connectivity index is 1.79. The summed E-state index contributed by atoms with van der Waals surface area (Å²) in [5.74, 6) is 0.300. The summed E-state index contributed by atoms with van der Waals surface area (Å²) >= 11 is 11.4. The van der Waals surface area contributed by atoms with Crippen LogP contribution >= 0.6 is 23.8 Å². The Morgan fingerprint density at radius 1 is 1.24 bits per heavy atom. The first-order valence-corrected chi connectivity index (χ1v) is 9.50. The third kappa shape index (κ3) is 3.52. The molecule has 2 amide bonds. The molecular weight excluding hydrogens is 416 g/mol. The van der Waals surface area contributed by atoms with Crippen LogP contribution in [0.1, 0.15) is 12.5 Å². The van der Waals surface area contributed by atoms with Crippen molar-refractivity contribution >= 4 is 52.5 Å². The molecular formula is C20H15ClN2O5S. The highest BCUT2D eigenvalue weighted by Crippen LogP contribution is 2.39. The quantitative estimate of drug-likeness (QED) is 0.455. The van der Waals surface area contributed by atoms with E-state index in [1.807, 2.05) is 6.92 Å². The molecule has 0 atom stereocenters. The molecule has 2 aromatic carbocycles. The molecule has 1 N–H and O–H groups in total. The highest BCUT2D eigenvalue weighted by Gasteiger charge is 2.35. The molecule has 2 aliphatic heterocycles. The maximum absolute atomic E-state index is 13.2. The lowest BCUT2D eigenvalue weighted by Gasteiger charge is -2.29. The van der Waals surface area contributed by atoms with Gasteiger partial charge in [0.25, 0.3) is 11.8 Å². The fourth-order valence-electron chi connectivity index (χ4n) is 3.00. The Labute approximate surface area is 176 Å². The number of thiocarbonyl (C=S) groups is 1. The topological polar surface area (TPSA) is 77.1 Å². The van der Waals surface area contributed by atoms with E-state index in [9.17, 15) is 9.59 Å². The van der Waals surface area contributed by atoms with E-state index in [2.05, 4.69) is 5.32 Å². The van der Waals surface area contributed by atoms with Gasteiger partial charge in [-0.1, -0.05) is 23.7 Å². The lowest BCUT2D eigenvalue weighted by molar-refractivity contribution is -0.122. The molecule has 9 heteroatoms. The number of hydrogen-bond acceptors (Lipinski definition) is 6. The van der Waals surface area contributed by atoms with E-state index in [-0.39, 0.29) is 17.5 Å². The number of halogens is 1. The minimum absolute atomic E-state index is 0.0408. The van der Waals surface area contributed by atoms with Crippen LogP contribution in [0.5, 0.6) is 17.2 Å². The van der Waals surface area contributed by atoms with E-state index in [1.165, 1.54) is 11.0 Å². The first-order valence-electron chi connectivity index (χ1n) is 8.72. The van der Waals surface area contributed by atoms with Gasteiger partial charge in [0.1, 0.15) is 11.3 Å². The molecule has 4 rings (SSSR count). The second kappa shape index (κ2) is 7.73. The van der Waals surface area contributed by atoms with Crippen LogP contribution in [-0.4, -0.2) is 30.3 Å². The highest BCUT2D eigenvalue weighted by atomic mass is 35.5. The second-order valence-corrected chi connectivity index (χ2v) is 6.88. The van der Waals surface area contributed by atoms with Gasteiger partial charge in [0.2, 0.25) is 6.79 Å². The van der Waals surface area contributed by atoms with Gasteiger partial charge in [0.15, 0.2) is 16.6 Å². The summed E-state index contributed by atoms with van der Waals surface area (Å²) in [6.45, 7) is 2.32. The molecule has 0 saturated carbocycles. The lowest BCUT2D eigenvalue weighted by Crippen LogP contribution is -2.54. The zero-order valence-electron chi connectivity index (χ0n) is 15.2. The second-order valence-electron chi connectivity index (χ2n) is 6.09. The first kappa shape index (κ1) is 19.2. The number of nitrogens with one attached hydrogen (secondary N) is 1. The molecule has 0 aliphatic carbocycles. The van der Waals surface area contributed by atoms with Crippen molar-refractivity contribution < 1.29 is 23.8 Å². The summed E-state index contributed by atoms with van der Waals surface area (Å²) in [6, 6.07) is 10.1. The van der Waals surface area contributed by atoms with Crippen LogP contribution in [-0.2, 0) is 9.59 Å². The van der Waals surface area contributed by atoms with Gasteiger partial charge in [-0.25, -0.2) is 0 Å². The molecule has 0 radical (unpaired) electrons. The molecule has 0 aromatic heterocycles. The largest absolute Gasteiger partial charge is 0.493 e. The molecule has 1 saturated heterocycles. The van der Waals surface area contributed by atoms with Gasteiger partial charge in [-0.15, -0.1) is 0 Å². The summed E-state index contributed by atoms with van der Waals surface area (Å²) < 4.78 is 16.4. The number of hydrogen-bond donors (Lipinski definition) is 1. The van der Waals surface area contributed by atoms with Crippen molar-refractivity contribution in [3.05, 3.63) is 52.6 Å². The number of benzene rings is 2. The molecule has 0 bridgehead atoms. The molecule has 1 fully saturated rings. The van der Waals surface area contributed by atoms with Crippen LogP contribution in [0.3, 0.4) is 0 Å². The average Bonchev–Trinajstić information content (AvgIpc) is 3.14. The Bertz CT molecular complexity index is 1070. The van der Waals surface area contributed by atoms with Crippen molar-refractivity contribution in [1.29, 1.82) is 0 Å². The predicted octanol–water partition coefficient (Wildman–Crippen LogP) is 3.30. The number of anilines is 1. The SMILES string of the molecule is CCOc1cc2c(cc1/C=C1\C(=O)NC(=S)N(c3ccccc3Cl)C1=O)OCO2. The van der Waals surface area contributed by atoms with Crippen LogP contribution in [0.2, 0.25) is 5.02 Å². The summed E-state index contributed by atoms with van der Waals surface area (Å²) in [4.78, 5) is 26.9. The highest BCUT2D eigenvalue weighted by molar-refractivity contribution is 7.80. The Hall–Kier alpha value is -3.10. The van der Waals surface area contributed by atoms with Crippen molar-refractivity contribution in [1.82, 2.24) is 5.32 Å². The monoisotopic (exact) mass is 430 g/mol. The zero-order chi connectivity index (χ0) is 20.5. The van der Waals surface area contributed by atoms with Crippen LogP contribution in [0.4, 0.5) is 5.69 Å². The molecule has 7 nitrogen and oxygen atoms in total. The summed E-state index contributed by atoms with van der Waals surface area (Å²) in [7, 11) is 0. The number of nitrogens with zero attached hydrogens (tertiary/aromatic N) is 1. The standard InChI is InChI=1S/C20H15ClN2O5S/c1-2-26-15-9-17-16(27-10-28-17)8-11(15)7-12-18(24)22-20(29)23(19(12)25)14-6-4-3-5-13(14)21/h3-9H,2,10H2,1H3,(H,22,24,29)/b12-7+. The molecule has 2 aromatic rings. The lowest BCUT2D eigenvalue weighted by atomic mass is 10.1. The number of carbonyl (C=O) groups is 2. The number of carbonyl (C=O) groups excluding carboxylic acids is 2. The summed E-state index contributed by atoms with van der Waals surface area (Å²) in [6.07, 6.45) is 1.44. The number of para-hydroxylation sites is 1. The number of rotatable bonds is 4. The third-order valence-electron chi connectivity index (χ3n) is 4.30. The molecule has 0 spiro atoms. The Morgan fingerprint density at radius 2 is 1.97 bits per heavy atom. The van der Waals surface area contributed by atoms with Gasteiger partial charge in [0, 0.05) is 11.6 Å². The first-order chi connectivity index (χ1) is 14.0. The Kier molecular flexibility index (Phi) is 5.12. The van der Waals surface area contributed by atoms with Gasteiger partial charge < -0.3 is 14.2 Å². The fraction of sp³-hybridized carbons (Fsp3) is 0.150. The van der Waals surface area contributed by atoms with Crippen molar-refractivity contribution in [2.24, 2.45) is 0 Å². The number of fused-ring (bicyclic) bond motifs is 1. The Morgan fingerprint density at radius 3 is 2.69 bits per heavy atom. The van der Waals surface area contributed by atoms with Crippen LogP contribution in [0.15, 0.2) is 42.0 Å². The zero-order valence-corrected chi connectivity index (χ0v) is 16.8. The minimum atomic E-state index is -0.608. The van der Waals surface area contributed by atoms with Crippen LogP contribution in [0.25, 0.3) is 6.08 Å². The summed E-state index contributed by atoms with van der Waals surface area (Å²) in [5, 5.41) is 2.82.